The van der Waals surface area contributed by atoms with E-state index in [2.05, 4.69) is 0 Å². The van der Waals surface area contributed by atoms with Crippen LogP contribution in [0.2, 0.25) is 0 Å². The molecule has 0 radical (unpaired) electrons. The Kier molecular flexibility index (Phi) is 6.43. The molecule has 0 amide bonds. The average molecular weight is 701 g/mol. The van der Waals surface area contributed by atoms with Crippen LogP contribution in [0.15, 0.2) is 0 Å². The summed E-state index contributed by atoms with van der Waals surface area (Å²) in [5, 5.41) is 24.9. The van der Waals surface area contributed by atoms with Crippen molar-refractivity contribution in [2.75, 3.05) is 0 Å². The second kappa shape index (κ2) is 9.68. The smallest absolute Gasteiger partial charge is 0.341 e. The quantitative estimate of drug-likeness (QED) is 0.245. The second-order valence-corrected chi connectivity index (χ2v) is 18.0. The lowest BCUT2D eigenvalue weighted by Gasteiger charge is -2.65. The van der Waals surface area contributed by atoms with Crippen molar-refractivity contribution in [2.24, 2.45) is 69.5 Å². The fourth-order valence-electron chi connectivity index (χ4n) is 13.8. The van der Waals surface area contributed by atoms with Gasteiger partial charge in [-0.3, -0.25) is 19.2 Å². The fourth-order valence-corrected chi connectivity index (χ4v) is 13.8. The molecule has 3 saturated heterocycles. The zero-order chi connectivity index (χ0) is 36.0. The van der Waals surface area contributed by atoms with Crippen molar-refractivity contribution < 1.29 is 62.6 Å². The Labute approximate surface area is 290 Å². The van der Waals surface area contributed by atoms with Gasteiger partial charge in [-0.1, -0.05) is 27.7 Å². The lowest BCUT2D eigenvalue weighted by molar-refractivity contribution is -0.249. The van der Waals surface area contributed by atoms with Crippen LogP contribution in [0.3, 0.4) is 0 Å². The summed E-state index contributed by atoms with van der Waals surface area (Å²) in [6.07, 6.45) is -3.61. The minimum absolute atomic E-state index is 0.275. The minimum atomic E-state index is -2.05. The Morgan fingerprint density at radius 1 is 0.840 bits per heavy atom. The summed E-state index contributed by atoms with van der Waals surface area (Å²) < 4.78 is 36.8. The first kappa shape index (κ1) is 33.2. The van der Waals surface area contributed by atoms with Crippen molar-refractivity contribution in [3.63, 3.8) is 0 Å². The topological polar surface area (TPSA) is 188 Å². The number of aliphatic hydroxyl groups is 2. The Morgan fingerprint density at radius 2 is 1.48 bits per heavy atom. The summed E-state index contributed by atoms with van der Waals surface area (Å²) in [4.78, 5) is 67.8. The molecule has 0 bridgehead atoms. The predicted octanol–water partition coefficient (Wildman–Crippen LogP) is 1.72. The molecule has 2 N–H and O–H groups in total. The first-order chi connectivity index (χ1) is 23.3. The zero-order valence-electron chi connectivity index (χ0n) is 29.7. The summed E-state index contributed by atoms with van der Waals surface area (Å²) in [7, 11) is 0. The van der Waals surface area contributed by atoms with Crippen LogP contribution in [0.5, 0.6) is 0 Å². The molecule has 3 aliphatic heterocycles. The van der Waals surface area contributed by atoms with Crippen LogP contribution in [-0.4, -0.2) is 94.0 Å². The van der Waals surface area contributed by atoms with E-state index in [4.69, 9.17) is 28.4 Å². The summed E-state index contributed by atoms with van der Waals surface area (Å²) in [6.45, 7) is 13.6. The van der Waals surface area contributed by atoms with Crippen LogP contribution in [0, 0.1) is 69.5 Å². The third-order valence-corrected chi connectivity index (χ3v) is 15.9. The van der Waals surface area contributed by atoms with Crippen LogP contribution in [0.4, 0.5) is 0 Å². The first-order valence-electron chi connectivity index (χ1n) is 18.4. The van der Waals surface area contributed by atoms with Gasteiger partial charge in [0.2, 0.25) is 5.79 Å². The monoisotopic (exact) mass is 700 g/mol. The van der Waals surface area contributed by atoms with Gasteiger partial charge in [-0.2, -0.15) is 0 Å². The molecule has 9 rings (SSSR count). The van der Waals surface area contributed by atoms with Crippen LogP contribution >= 0.6 is 0 Å². The number of hydrogen-bond donors (Lipinski definition) is 2. The molecule has 0 aromatic rings. The molecule has 3 heterocycles. The molecule has 274 valence electrons. The largest absolute Gasteiger partial charge is 0.462 e. The SMILES string of the molecule is CC(=O)O[C@H]1[C@@H](C)[C@H]2[C@@H](C(=O)C(OC(=O)C3CC3)[C@H]3C[C@@H]4O[C@@H]4[C@H](OC(C)=O)[C@]23C)[C@@H]2[C@@H](O)[C@@H]3[C@H]([C@H](C)[C@H]4O[C@]45OC(=O)[C@@](C)(O)[C@]35C)[C@]21C. The number of fused-ring (bicyclic) bond motifs is 9. The van der Waals surface area contributed by atoms with Crippen LogP contribution in [-0.2, 0) is 52.4 Å². The van der Waals surface area contributed by atoms with Gasteiger partial charge in [-0.15, -0.1) is 0 Å². The third kappa shape index (κ3) is 3.57. The van der Waals surface area contributed by atoms with E-state index in [9.17, 15) is 29.4 Å². The highest BCUT2D eigenvalue weighted by Crippen LogP contribution is 2.81. The molecule has 0 aromatic heterocycles. The highest BCUT2D eigenvalue weighted by atomic mass is 16.8. The lowest BCUT2D eigenvalue weighted by atomic mass is 9.39. The molecule has 6 aliphatic carbocycles. The molecule has 13 heteroatoms. The van der Waals surface area contributed by atoms with Crippen molar-refractivity contribution in [1.29, 1.82) is 0 Å². The summed E-state index contributed by atoms with van der Waals surface area (Å²) >= 11 is 0. The number of hydrogen-bond acceptors (Lipinski definition) is 13. The normalized spacial score (nSPS) is 59.2. The maximum absolute atomic E-state index is 15.3. The second-order valence-electron chi connectivity index (χ2n) is 18.0. The predicted molar refractivity (Wildman–Crippen MR) is 166 cm³/mol. The molecule has 13 nitrogen and oxygen atoms in total. The number of aliphatic hydroxyl groups excluding tert-OH is 1. The van der Waals surface area contributed by atoms with Crippen molar-refractivity contribution in [1.82, 2.24) is 0 Å². The number of ether oxygens (including phenoxy) is 6. The molecule has 1 unspecified atom stereocenters. The molecule has 0 aromatic carbocycles. The van der Waals surface area contributed by atoms with Crippen molar-refractivity contribution in [3.8, 4) is 0 Å². The Balaban J connectivity index is 1.25. The maximum atomic E-state index is 15.3. The van der Waals surface area contributed by atoms with Gasteiger partial charge in [0.25, 0.3) is 0 Å². The summed E-state index contributed by atoms with van der Waals surface area (Å²) in [5.41, 5.74) is -5.55. The molecule has 20 atom stereocenters. The van der Waals surface area contributed by atoms with Gasteiger partial charge in [0.1, 0.15) is 24.4 Å². The van der Waals surface area contributed by atoms with Crippen molar-refractivity contribution in [3.05, 3.63) is 0 Å². The molecule has 1 spiro atoms. The number of epoxide rings is 2. The van der Waals surface area contributed by atoms with Gasteiger partial charge in [0.05, 0.1) is 23.5 Å². The third-order valence-electron chi connectivity index (χ3n) is 15.9. The highest BCUT2D eigenvalue weighted by Gasteiger charge is 2.93. The van der Waals surface area contributed by atoms with E-state index in [1.165, 1.54) is 20.8 Å². The van der Waals surface area contributed by atoms with Crippen molar-refractivity contribution in [2.45, 2.75) is 129 Å². The Hall–Kier alpha value is -2.61. The Bertz CT molecular complexity index is 1620. The number of Topliss-reactive ketones (excluding diaryl/α,β-unsaturated/α-hetero) is 1. The average Bonchev–Trinajstić information content (AvgIpc) is 3.91. The van der Waals surface area contributed by atoms with E-state index in [1.807, 2.05) is 27.7 Å². The number of carbonyl (C=O) groups is 5. The summed E-state index contributed by atoms with van der Waals surface area (Å²) in [5.74, 6) is -9.50. The fraction of sp³-hybridized carbons (Fsp3) is 0.865. The summed E-state index contributed by atoms with van der Waals surface area (Å²) in [6, 6.07) is 0. The molecule has 50 heavy (non-hydrogen) atoms. The number of ketones is 1. The van der Waals surface area contributed by atoms with E-state index >= 15 is 4.79 Å². The highest BCUT2D eigenvalue weighted by molar-refractivity contribution is 5.91. The van der Waals surface area contributed by atoms with Crippen LogP contribution in [0.25, 0.3) is 0 Å². The lowest BCUT2D eigenvalue weighted by Crippen LogP contribution is -2.72. The van der Waals surface area contributed by atoms with Gasteiger partial charge in [-0.05, 0) is 56.8 Å². The van der Waals surface area contributed by atoms with E-state index in [1.54, 1.807) is 6.92 Å². The molecule has 6 saturated carbocycles. The Morgan fingerprint density at radius 3 is 2.10 bits per heavy atom. The number of rotatable bonds is 4. The van der Waals surface area contributed by atoms with Gasteiger partial charge >= 0.3 is 23.9 Å². The van der Waals surface area contributed by atoms with E-state index in [0.29, 0.717) is 19.3 Å². The molecule has 9 aliphatic rings. The molecule has 9 fully saturated rings. The van der Waals surface area contributed by atoms with Crippen LogP contribution in [0.1, 0.15) is 74.7 Å². The number of esters is 4. The molecular weight excluding hydrogens is 652 g/mol. The van der Waals surface area contributed by atoms with Crippen molar-refractivity contribution >= 4 is 29.7 Å². The van der Waals surface area contributed by atoms with Gasteiger partial charge < -0.3 is 38.6 Å². The van der Waals surface area contributed by atoms with Gasteiger partial charge in [0.15, 0.2) is 17.5 Å². The minimum Gasteiger partial charge on any atom is -0.462 e. The van der Waals surface area contributed by atoms with E-state index < -0.39 is 130 Å². The number of carbonyl (C=O) groups excluding carboxylic acids is 5. The van der Waals surface area contributed by atoms with Crippen LogP contribution < -0.4 is 0 Å². The standard InChI is InChI=1S/C37H48O13/c1-12-20-19(24(40)26(48-31(42)16-9-10-16)17-11-18-27(47-18)30(33(17,20)5)46-15(4)39)22-25(41)23-21(34(22,6)28(12)45-14(3)38)13(2)29-37(49-29)35(23,7)36(8,44)32(43)50-37/h12-13,16-23,25-30,41,44H,9-11H2,1-8H3/t12-,13-,17+,18-,19+,20-,21-,22+,23-,25+,26?,27-,28-,29+,30-,33-,34+,35-,36+,37-/m0/s1. The van der Waals surface area contributed by atoms with Gasteiger partial charge in [-0.25, -0.2) is 4.79 Å². The van der Waals surface area contributed by atoms with E-state index in [-0.39, 0.29) is 23.7 Å². The molecular formula is C37H48O13. The first-order valence-corrected chi connectivity index (χ1v) is 18.4. The van der Waals surface area contributed by atoms with E-state index in [0.717, 1.165) is 0 Å². The zero-order valence-corrected chi connectivity index (χ0v) is 29.7. The van der Waals surface area contributed by atoms with Gasteiger partial charge in [0, 0.05) is 48.3 Å². The maximum Gasteiger partial charge on any atom is 0.341 e.